The Morgan fingerprint density at radius 2 is 1.92 bits per heavy atom. The molecule has 0 aliphatic heterocycles. The van der Waals surface area contributed by atoms with Crippen molar-refractivity contribution in [1.82, 2.24) is 10.5 Å². The van der Waals surface area contributed by atoms with Crippen molar-refractivity contribution in [3.05, 3.63) is 41.6 Å². The number of nitrogens with zero attached hydrogens (tertiary/aromatic N) is 1. The number of ether oxygens (including phenoxy) is 1. The molecule has 1 aromatic heterocycles. The maximum atomic E-state index is 12.0. The van der Waals surface area contributed by atoms with Crippen molar-refractivity contribution in [3.8, 4) is 0 Å². The summed E-state index contributed by atoms with van der Waals surface area (Å²) in [5, 5.41) is 8.06. The molecule has 9 heteroatoms. The predicted molar refractivity (Wildman–Crippen MR) is 84.1 cm³/mol. The number of nitrogen functional groups attached to an aromatic ring is 1. The van der Waals surface area contributed by atoms with Crippen LogP contribution >= 0.6 is 0 Å². The van der Waals surface area contributed by atoms with Gasteiger partial charge in [0.2, 0.25) is 5.88 Å². The third-order valence-corrected chi connectivity index (χ3v) is 3.01. The topological polar surface area (TPSA) is 137 Å². The first-order valence-corrected chi connectivity index (χ1v) is 6.98. The van der Waals surface area contributed by atoms with Crippen LogP contribution in [0.15, 0.2) is 34.9 Å². The van der Waals surface area contributed by atoms with Crippen molar-refractivity contribution >= 4 is 29.5 Å². The van der Waals surface area contributed by atoms with E-state index in [0.29, 0.717) is 5.69 Å². The fourth-order valence-corrected chi connectivity index (χ4v) is 1.81. The molecule has 1 aromatic carbocycles. The average molecular weight is 332 g/mol. The highest BCUT2D eigenvalue weighted by Gasteiger charge is 2.25. The number of imide groups is 1. The molecular weight excluding hydrogens is 316 g/mol. The molecule has 0 saturated carbocycles. The van der Waals surface area contributed by atoms with Gasteiger partial charge in [-0.2, -0.15) is 0 Å². The van der Waals surface area contributed by atoms with Crippen molar-refractivity contribution in [2.24, 2.45) is 0 Å². The highest BCUT2D eigenvalue weighted by atomic mass is 16.5. The minimum absolute atomic E-state index is 0.0524. The van der Waals surface area contributed by atoms with Gasteiger partial charge in [0.05, 0.1) is 5.69 Å². The standard InChI is InChI=1S/C15H16N4O5/c1-8-11(12(16)24-19-8)14(21)23-9(2)13(20)18-15(22)17-10-6-4-3-5-7-10/h3-7,9H,16H2,1-2H3,(H2,17,18,20,22)/t9-/m1/s1. The number of esters is 1. The molecule has 0 aliphatic carbocycles. The van der Waals surface area contributed by atoms with Gasteiger partial charge in [-0.25, -0.2) is 9.59 Å². The van der Waals surface area contributed by atoms with Gasteiger partial charge in [-0.15, -0.1) is 0 Å². The van der Waals surface area contributed by atoms with Gasteiger partial charge in [-0.3, -0.25) is 10.1 Å². The summed E-state index contributed by atoms with van der Waals surface area (Å²) in [7, 11) is 0. The fraction of sp³-hybridized carbons (Fsp3) is 0.200. The predicted octanol–water partition coefficient (Wildman–Crippen LogP) is 1.46. The lowest BCUT2D eigenvalue weighted by atomic mass is 10.2. The molecule has 2 aromatic rings. The van der Waals surface area contributed by atoms with E-state index in [0.717, 1.165) is 0 Å². The summed E-state index contributed by atoms with van der Waals surface area (Å²) in [6.45, 7) is 2.83. The molecule has 24 heavy (non-hydrogen) atoms. The molecule has 0 unspecified atom stereocenters. The van der Waals surface area contributed by atoms with Crippen LogP contribution in [0.5, 0.6) is 0 Å². The summed E-state index contributed by atoms with van der Waals surface area (Å²) < 4.78 is 9.61. The number of hydrogen-bond acceptors (Lipinski definition) is 7. The van der Waals surface area contributed by atoms with Gasteiger partial charge in [0.1, 0.15) is 5.56 Å². The zero-order valence-electron chi connectivity index (χ0n) is 13.0. The molecule has 3 amide bonds. The molecule has 126 valence electrons. The molecule has 4 N–H and O–H groups in total. The molecule has 1 atom stereocenters. The van der Waals surface area contributed by atoms with Crippen LogP contribution in [0, 0.1) is 6.92 Å². The smallest absolute Gasteiger partial charge is 0.346 e. The Morgan fingerprint density at radius 3 is 2.50 bits per heavy atom. The molecule has 0 saturated heterocycles. The van der Waals surface area contributed by atoms with Gasteiger partial charge in [-0.1, -0.05) is 23.4 Å². The SMILES string of the molecule is Cc1noc(N)c1C(=O)O[C@H](C)C(=O)NC(=O)Nc1ccccc1. The molecule has 0 aliphatic rings. The number of carbonyl (C=O) groups excluding carboxylic acids is 3. The molecule has 0 spiro atoms. The van der Waals surface area contributed by atoms with Gasteiger partial charge in [-0.05, 0) is 26.0 Å². The lowest BCUT2D eigenvalue weighted by Crippen LogP contribution is -2.41. The minimum Gasteiger partial charge on any atom is -0.449 e. The highest BCUT2D eigenvalue weighted by Crippen LogP contribution is 2.17. The van der Waals surface area contributed by atoms with Crippen molar-refractivity contribution in [1.29, 1.82) is 0 Å². The molecule has 0 fully saturated rings. The maximum Gasteiger partial charge on any atom is 0.346 e. The first kappa shape index (κ1) is 17.0. The Hall–Kier alpha value is -3.36. The Bertz CT molecular complexity index is 737. The third kappa shape index (κ3) is 4.09. The summed E-state index contributed by atoms with van der Waals surface area (Å²) >= 11 is 0. The summed E-state index contributed by atoms with van der Waals surface area (Å²) in [6, 6.07) is 7.82. The first-order valence-electron chi connectivity index (χ1n) is 6.98. The maximum absolute atomic E-state index is 12.0. The van der Waals surface area contributed by atoms with Crippen molar-refractivity contribution < 1.29 is 23.6 Å². The van der Waals surface area contributed by atoms with E-state index in [2.05, 4.69) is 20.3 Å². The number of aromatic nitrogens is 1. The van der Waals surface area contributed by atoms with Crippen LogP contribution in [0.1, 0.15) is 23.0 Å². The Balaban J connectivity index is 1.90. The van der Waals surface area contributed by atoms with Gasteiger partial charge in [0.25, 0.3) is 5.91 Å². The largest absolute Gasteiger partial charge is 0.449 e. The number of urea groups is 1. The van der Waals surface area contributed by atoms with Crippen molar-refractivity contribution in [2.75, 3.05) is 11.1 Å². The number of nitrogens with one attached hydrogen (secondary N) is 2. The number of amides is 3. The quantitative estimate of drug-likeness (QED) is 0.721. The minimum atomic E-state index is -1.22. The summed E-state index contributed by atoms with van der Waals surface area (Å²) in [4.78, 5) is 35.6. The summed E-state index contributed by atoms with van der Waals surface area (Å²) in [5.74, 6) is -1.85. The van der Waals surface area contributed by atoms with Crippen LogP contribution in [0.3, 0.4) is 0 Å². The van der Waals surface area contributed by atoms with Crippen LogP contribution in [-0.4, -0.2) is 29.2 Å². The third-order valence-electron chi connectivity index (χ3n) is 3.01. The lowest BCUT2D eigenvalue weighted by molar-refractivity contribution is -0.127. The molecule has 0 bridgehead atoms. The van der Waals surface area contributed by atoms with Crippen LogP contribution in [-0.2, 0) is 9.53 Å². The Labute approximate surface area is 137 Å². The van der Waals surface area contributed by atoms with E-state index < -0.39 is 24.0 Å². The van der Waals surface area contributed by atoms with E-state index in [1.807, 2.05) is 0 Å². The van der Waals surface area contributed by atoms with Gasteiger partial charge in [0.15, 0.2) is 6.10 Å². The van der Waals surface area contributed by atoms with Crippen LogP contribution < -0.4 is 16.4 Å². The van der Waals surface area contributed by atoms with E-state index in [9.17, 15) is 14.4 Å². The van der Waals surface area contributed by atoms with Crippen LogP contribution in [0.2, 0.25) is 0 Å². The number of aryl methyl sites for hydroxylation is 1. The Kier molecular flexibility index (Phi) is 5.15. The molecular formula is C15H16N4O5. The number of rotatable bonds is 4. The van der Waals surface area contributed by atoms with Crippen LogP contribution in [0.25, 0.3) is 0 Å². The zero-order chi connectivity index (χ0) is 17.7. The number of para-hydroxylation sites is 1. The lowest BCUT2D eigenvalue weighted by Gasteiger charge is -2.13. The number of nitrogens with two attached hydrogens (primary N) is 1. The second-order valence-corrected chi connectivity index (χ2v) is 4.86. The van der Waals surface area contributed by atoms with E-state index in [-0.39, 0.29) is 17.1 Å². The van der Waals surface area contributed by atoms with Gasteiger partial charge in [0, 0.05) is 5.69 Å². The zero-order valence-corrected chi connectivity index (χ0v) is 13.0. The molecule has 1 heterocycles. The average Bonchev–Trinajstić information content (AvgIpc) is 2.86. The number of benzene rings is 1. The summed E-state index contributed by atoms with van der Waals surface area (Å²) in [6.07, 6.45) is -1.22. The molecule has 0 radical (unpaired) electrons. The van der Waals surface area contributed by atoms with E-state index in [4.69, 9.17) is 10.5 Å². The highest BCUT2D eigenvalue weighted by molar-refractivity contribution is 6.03. The first-order chi connectivity index (χ1) is 11.4. The van der Waals surface area contributed by atoms with Gasteiger partial charge < -0.3 is 20.3 Å². The second kappa shape index (κ2) is 7.27. The fourth-order valence-electron chi connectivity index (χ4n) is 1.81. The van der Waals surface area contributed by atoms with Crippen molar-refractivity contribution in [2.45, 2.75) is 20.0 Å². The van der Waals surface area contributed by atoms with E-state index >= 15 is 0 Å². The number of anilines is 2. The number of carbonyl (C=O) groups is 3. The van der Waals surface area contributed by atoms with Crippen LogP contribution in [0.4, 0.5) is 16.4 Å². The Morgan fingerprint density at radius 1 is 1.25 bits per heavy atom. The second-order valence-electron chi connectivity index (χ2n) is 4.86. The monoisotopic (exact) mass is 332 g/mol. The van der Waals surface area contributed by atoms with Crippen molar-refractivity contribution in [3.63, 3.8) is 0 Å². The van der Waals surface area contributed by atoms with E-state index in [1.54, 1.807) is 30.3 Å². The molecule has 2 rings (SSSR count). The number of hydrogen-bond donors (Lipinski definition) is 3. The van der Waals surface area contributed by atoms with E-state index in [1.165, 1.54) is 13.8 Å². The van der Waals surface area contributed by atoms with Gasteiger partial charge >= 0.3 is 12.0 Å². The molecule has 9 nitrogen and oxygen atoms in total. The summed E-state index contributed by atoms with van der Waals surface area (Å²) in [5.41, 5.74) is 6.17. The normalized spacial score (nSPS) is 11.4.